The number of para-hydroxylation sites is 1. The number of hydrogen-bond donors (Lipinski definition) is 2. The molecule has 3 N–H and O–H groups in total. The topological polar surface area (TPSA) is 111 Å². The zero-order chi connectivity index (χ0) is 29.9. The van der Waals surface area contributed by atoms with E-state index in [-0.39, 0.29) is 24.4 Å². The standard InChI is InChI=1S/C32H41BrN6O4/c33-26-19-22(7-8-27(26)34)20-29(30(40)38-17-12-25(21-38)36-13-3-4-14-36)43-32(42)37-15-10-24(11-16-37)39-18-9-23-5-1-2-6-28(23)35-31(39)41/h1-2,5-8,19,24-25,29H,3-4,9-18,20-21,34H2,(H,35,41)/t25?,29-/m0/s1. The Morgan fingerprint density at radius 3 is 2.44 bits per heavy atom. The molecule has 3 fully saturated rings. The van der Waals surface area contributed by atoms with Gasteiger partial charge in [-0.3, -0.25) is 9.69 Å². The minimum atomic E-state index is -0.923. The number of ether oxygens (including phenoxy) is 1. The van der Waals surface area contributed by atoms with E-state index in [2.05, 4.69) is 26.1 Å². The van der Waals surface area contributed by atoms with E-state index in [1.807, 2.05) is 46.2 Å². The lowest BCUT2D eigenvalue weighted by molar-refractivity contribution is -0.140. The van der Waals surface area contributed by atoms with Crippen LogP contribution in [-0.2, 0) is 22.4 Å². The Morgan fingerprint density at radius 2 is 1.67 bits per heavy atom. The summed E-state index contributed by atoms with van der Waals surface area (Å²) in [5.41, 5.74) is 9.47. The molecule has 0 spiro atoms. The summed E-state index contributed by atoms with van der Waals surface area (Å²) < 4.78 is 6.76. The molecule has 4 aliphatic heterocycles. The largest absolute Gasteiger partial charge is 0.436 e. The number of carbonyl (C=O) groups is 3. The molecule has 2 atom stereocenters. The van der Waals surface area contributed by atoms with Gasteiger partial charge in [-0.2, -0.15) is 0 Å². The second-order valence-electron chi connectivity index (χ2n) is 12.2. The van der Waals surface area contributed by atoms with Crippen molar-refractivity contribution in [1.82, 2.24) is 19.6 Å². The molecule has 4 heterocycles. The van der Waals surface area contributed by atoms with Gasteiger partial charge in [-0.25, -0.2) is 9.59 Å². The highest BCUT2D eigenvalue weighted by atomic mass is 79.9. The third kappa shape index (κ3) is 6.77. The van der Waals surface area contributed by atoms with Gasteiger partial charge in [0.2, 0.25) is 0 Å². The third-order valence-corrected chi connectivity index (χ3v) is 10.1. The van der Waals surface area contributed by atoms with Gasteiger partial charge in [0.15, 0.2) is 6.10 Å². The smallest absolute Gasteiger partial charge is 0.410 e. The Kier molecular flexibility index (Phi) is 9.09. The molecular weight excluding hydrogens is 612 g/mol. The number of nitrogens with one attached hydrogen (secondary N) is 1. The zero-order valence-corrected chi connectivity index (χ0v) is 26.1. The number of nitrogen functional groups attached to an aromatic ring is 1. The summed E-state index contributed by atoms with van der Waals surface area (Å²) in [7, 11) is 0. The molecule has 11 heteroatoms. The highest BCUT2D eigenvalue weighted by molar-refractivity contribution is 9.10. The van der Waals surface area contributed by atoms with Crippen molar-refractivity contribution in [2.45, 2.75) is 63.1 Å². The molecule has 4 amide bonds. The summed E-state index contributed by atoms with van der Waals surface area (Å²) >= 11 is 3.48. The van der Waals surface area contributed by atoms with Crippen LogP contribution in [0.15, 0.2) is 46.9 Å². The minimum absolute atomic E-state index is 0.0371. The van der Waals surface area contributed by atoms with Gasteiger partial charge < -0.3 is 30.5 Å². The van der Waals surface area contributed by atoms with Crippen molar-refractivity contribution in [3.63, 3.8) is 0 Å². The molecule has 0 aliphatic carbocycles. The second-order valence-corrected chi connectivity index (χ2v) is 13.0. The van der Waals surface area contributed by atoms with Crippen LogP contribution in [0, 0.1) is 0 Å². The highest BCUT2D eigenvalue weighted by Gasteiger charge is 2.38. The Hall–Kier alpha value is -3.31. The van der Waals surface area contributed by atoms with Gasteiger partial charge in [0, 0.05) is 67.1 Å². The summed E-state index contributed by atoms with van der Waals surface area (Å²) in [6.45, 7) is 5.10. The summed E-state index contributed by atoms with van der Waals surface area (Å²) in [5, 5.41) is 3.05. The van der Waals surface area contributed by atoms with Crippen molar-refractivity contribution in [3.8, 4) is 0 Å². The monoisotopic (exact) mass is 652 g/mol. The Bertz CT molecular complexity index is 1340. The quantitative estimate of drug-likeness (QED) is 0.450. The number of nitrogens with two attached hydrogens (primary N) is 1. The molecule has 0 radical (unpaired) electrons. The Balaban J connectivity index is 1.08. The SMILES string of the molecule is Nc1ccc(C[C@H](OC(=O)N2CCC(N3CCc4ccccc4NC3=O)CC2)C(=O)N2CCC(N3CCCC3)C2)cc1Br. The van der Waals surface area contributed by atoms with Gasteiger partial charge in [0.05, 0.1) is 0 Å². The van der Waals surface area contributed by atoms with Crippen LogP contribution in [0.4, 0.5) is 21.0 Å². The first kappa shape index (κ1) is 29.7. The first-order valence-corrected chi connectivity index (χ1v) is 16.3. The van der Waals surface area contributed by atoms with Gasteiger partial charge in [0.25, 0.3) is 5.91 Å². The summed E-state index contributed by atoms with van der Waals surface area (Å²) in [6.07, 6.45) is 4.35. The number of amides is 4. The van der Waals surface area contributed by atoms with E-state index >= 15 is 0 Å². The van der Waals surface area contributed by atoms with Crippen LogP contribution in [0.1, 0.15) is 43.2 Å². The van der Waals surface area contributed by atoms with Crippen LogP contribution in [0.25, 0.3) is 0 Å². The second kappa shape index (κ2) is 13.1. The number of fused-ring (bicyclic) bond motifs is 1. The van der Waals surface area contributed by atoms with Crippen LogP contribution in [0.2, 0.25) is 0 Å². The molecular formula is C32H41BrN6O4. The first-order valence-electron chi connectivity index (χ1n) is 15.5. The first-order chi connectivity index (χ1) is 20.9. The zero-order valence-electron chi connectivity index (χ0n) is 24.6. The van der Waals surface area contributed by atoms with Crippen LogP contribution in [0.3, 0.4) is 0 Å². The van der Waals surface area contributed by atoms with Gasteiger partial charge in [-0.1, -0.05) is 24.3 Å². The summed E-state index contributed by atoms with van der Waals surface area (Å²) in [5.74, 6) is -0.140. The van der Waals surface area contributed by atoms with E-state index in [0.29, 0.717) is 57.3 Å². The molecule has 2 aromatic carbocycles. The fraction of sp³-hybridized carbons (Fsp3) is 0.531. The van der Waals surface area contributed by atoms with E-state index in [1.54, 1.807) is 11.0 Å². The van der Waals surface area contributed by atoms with Crippen molar-refractivity contribution < 1.29 is 19.1 Å². The molecule has 10 nitrogen and oxygen atoms in total. The molecule has 0 aromatic heterocycles. The predicted octanol–water partition coefficient (Wildman–Crippen LogP) is 4.33. The number of anilines is 2. The van der Waals surface area contributed by atoms with E-state index < -0.39 is 12.2 Å². The van der Waals surface area contributed by atoms with Gasteiger partial charge in [-0.05, 0) is 96.9 Å². The van der Waals surface area contributed by atoms with Crippen molar-refractivity contribution in [2.24, 2.45) is 0 Å². The van der Waals surface area contributed by atoms with Crippen molar-refractivity contribution in [3.05, 3.63) is 58.1 Å². The van der Waals surface area contributed by atoms with Gasteiger partial charge >= 0.3 is 12.1 Å². The predicted molar refractivity (Wildman–Crippen MR) is 169 cm³/mol. The summed E-state index contributed by atoms with van der Waals surface area (Å²) in [4.78, 5) is 48.2. The van der Waals surface area contributed by atoms with E-state index in [0.717, 1.165) is 47.2 Å². The maximum atomic E-state index is 13.8. The van der Waals surface area contributed by atoms with E-state index in [4.69, 9.17) is 10.5 Å². The molecule has 3 saturated heterocycles. The lowest BCUT2D eigenvalue weighted by Crippen LogP contribution is -2.51. The average molecular weight is 654 g/mol. The molecule has 0 bridgehead atoms. The van der Waals surface area contributed by atoms with Gasteiger partial charge in [0.1, 0.15) is 0 Å². The average Bonchev–Trinajstić information content (AvgIpc) is 3.69. The number of likely N-dealkylation sites (tertiary alicyclic amines) is 3. The lowest BCUT2D eigenvalue weighted by Gasteiger charge is -2.38. The fourth-order valence-corrected chi connectivity index (χ4v) is 7.36. The van der Waals surface area contributed by atoms with Crippen molar-refractivity contribution in [1.29, 1.82) is 0 Å². The normalized spacial score (nSPS) is 22.2. The summed E-state index contributed by atoms with van der Waals surface area (Å²) in [6, 6.07) is 13.8. The maximum Gasteiger partial charge on any atom is 0.410 e. The number of benzene rings is 2. The molecule has 4 aliphatic rings. The number of rotatable bonds is 6. The Morgan fingerprint density at radius 1 is 0.953 bits per heavy atom. The number of carbonyl (C=O) groups excluding carboxylic acids is 3. The minimum Gasteiger partial charge on any atom is -0.436 e. The third-order valence-electron chi connectivity index (χ3n) is 9.44. The molecule has 0 saturated carbocycles. The van der Waals surface area contributed by atoms with Crippen LogP contribution < -0.4 is 11.1 Å². The van der Waals surface area contributed by atoms with Crippen LogP contribution in [0.5, 0.6) is 0 Å². The molecule has 230 valence electrons. The highest BCUT2D eigenvalue weighted by Crippen LogP contribution is 2.27. The number of nitrogens with zero attached hydrogens (tertiary/aromatic N) is 4. The number of halogens is 1. The Labute approximate surface area is 261 Å². The van der Waals surface area contributed by atoms with Crippen LogP contribution in [-0.4, -0.2) is 102 Å². The molecule has 2 aromatic rings. The molecule has 6 rings (SSSR count). The lowest BCUT2D eigenvalue weighted by atomic mass is 10.0. The van der Waals surface area contributed by atoms with Crippen molar-refractivity contribution >= 4 is 45.3 Å². The fourth-order valence-electron chi connectivity index (χ4n) is 6.94. The van der Waals surface area contributed by atoms with Crippen molar-refractivity contribution in [2.75, 3.05) is 56.9 Å². The van der Waals surface area contributed by atoms with E-state index in [1.165, 1.54) is 12.8 Å². The number of urea groups is 1. The molecule has 1 unspecified atom stereocenters. The molecule has 43 heavy (non-hydrogen) atoms. The maximum absolute atomic E-state index is 13.8. The number of piperidine rings is 1. The van der Waals surface area contributed by atoms with E-state index in [9.17, 15) is 14.4 Å². The number of hydrogen-bond acceptors (Lipinski definition) is 6. The van der Waals surface area contributed by atoms with Gasteiger partial charge in [-0.15, -0.1) is 0 Å². The van der Waals surface area contributed by atoms with Crippen LogP contribution >= 0.6 is 15.9 Å².